The van der Waals surface area contributed by atoms with Crippen molar-refractivity contribution in [3.05, 3.63) is 35.4 Å². The Morgan fingerprint density at radius 1 is 1.16 bits per heavy atom. The maximum atomic E-state index is 11.2. The lowest BCUT2D eigenvalue weighted by Crippen LogP contribution is -2.31. The smallest absolute Gasteiger partial charge is 0.150 e. The first kappa shape index (κ1) is 16.1. The van der Waals surface area contributed by atoms with E-state index in [-0.39, 0.29) is 18.2 Å². The molecule has 0 saturated heterocycles. The standard InChI is InChI=1S/C14H23NO3S/c1-10(2)11-4-6-12(7-5-11)13(8-15)14(16)9-19(3,17)18/h4-7,10,13-14,16H,8-9,15H2,1-3H3. The molecule has 2 atom stereocenters. The Bertz CT molecular complexity index is 494. The topological polar surface area (TPSA) is 80.4 Å². The van der Waals surface area contributed by atoms with Gasteiger partial charge in [0.15, 0.2) is 0 Å². The van der Waals surface area contributed by atoms with Crippen LogP contribution < -0.4 is 5.73 Å². The van der Waals surface area contributed by atoms with Crippen molar-refractivity contribution in [2.45, 2.75) is 31.8 Å². The highest BCUT2D eigenvalue weighted by Crippen LogP contribution is 2.22. The van der Waals surface area contributed by atoms with Crippen molar-refractivity contribution in [2.24, 2.45) is 5.73 Å². The summed E-state index contributed by atoms with van der Waals surface area (Å²) in [4.78, 5) is 0. The van der Waals surface area contributed by atoms with E-state index in [4.69, 9.17) is 5.73 Å². The third kappa shape index (κ3) is 4.93. The first-order valence-corrected chi connectivity index (χ1v) is 8.46. The number of sulfone groups is 1. The summed E-state index contributed by atoms with van der Waals surface area (Å²) in [6, 6.07) is 7.82. The van der Waals surface area contributed by atoms with E-state index in [0.717, 1.165) is 11.8 Å². The van der Waals surface area contributed by atoms with Crippen LogP contribution in [0.1, 0.15) is 36.8 Å². The Labute approximate surface area is 115 Å². The average Bonchev–Trinajstić information content (AvgIpc) is 2.28. The molecule has 0 fully saturated rings. The average molecular weight is 285 g/mol. The third-order valence-corrected chi connectivity index (χ3v) is 4.17. The maximum Gasteiger partial charge on any atom is 0.150 e. The highest BCUT2D eigenvalue weighted by atomic mass is 32.2. The first-order chi connectivity index (χ1) is 8.74. The van der Waals surface area contributed by atoms with Crippen molar-refractivity contribution in [1.29, 1.82) is 0 Å². The molecule has 3 N–H and O–H groups in total. The minimum atomic E-state index is -3.21. The summed E-state index contributed by atoms with van der Waals surface area (Å²) in [5.41, 5.74) is 7.75. The van der Waals surface area contributed by atoms with Crippen molar-refractivity contribution in [1.82, 2.24) is 0 Å². The summed E-state index contributed by atoms with van der Waals surface area (Å²) in [7, 11) is -3.21. The van der Waals surface area contributed by atoms with Gasteiger partial charge in [-0.15, -0.1) is 0 Å². The molecule has 0 radical (unpaired) electrons. The molecule has 19 heavy (non-hydrogen) atoms. The molecule has 1 aromatic rings. The van der Waals surface area contributed by atoms with Crippen molar-refractivity contribution < 1.29 is 13.5 Å². The summed E-state index contributed by atoms with van der Waals surface area (Å²) < 4.78 is 22.5. The van der Waals surface area contributed by atoms with Crippen molar-refractivity contribution in [3.63, 3.8) is 0 Å². The second-order valence-corrected chi connectivity index (χ2v) is 7.51. The molecular weight excluding hydrogens is 262 g/mol. The molecule has 0 aliphatic heterocycles. The van der Waals surface area contributed by atoms with Crippen LogP contribution in [-0.2, 0) is 9.84 Å². The van der Waals surface area contributed by atoms with Crippen LogP contribution in [0, 0.1) is 0 Å². The van der Waals surface area contributed by atoms with Crippen LogP contribution in [0.4, 0.5) is 0 Å². The van der Waals surface area contributed by atoms with E-state index < -0.39 is 15.9 Å². The highest BCUT2D eigenvalue weighted by Gasteiger charge is 2.23. The number of rotatable bonds is 6. The lowest BCUT2D eigenvalue weighted by atomic mass is 9.92. The predicted molar refractivity (Wildman–Crippen MR) is 78.0 cm³/mol. The van der Waals surface area contributed by atoms with Crippen LogP contribution in [-0.4, -0.2) is 38.2 Å². The molecule has 0 amide bonds. The van der Waals surface area contributed by atoms with Gasteiger partial charge in [-0.25, -0.2) is 8.42 Å². The number of aliphatic hydroxyl groups is 1. The molecular formula is C14H23NO3S. The molecule has 5 heteroatoms. The van der Waals surface area contributed by atoms with Gasteiger partial charge in [0, 0.05) is 18.7 Å². The third-order valence-electron chi connectivity index (χ3n) is 3.22. The Kier molecular flexibility index (Phi) is 5.52. The molecule has 0 aliphatic rings. The van der Waals surface area contributed by atoms with E-state index in [1.54, 1.807) is 0 Å². The van der Waals surface area contributed by atoms with E-state index in [1.807, 2.05) is 24.3 Å². The first-order valence-electron chi connectivity index (χ1n) is 6.40. The zero-order valence-electron chi connectivity index (χ0n) is 11.7. The van der Waals surface area contributed by atoms with Gasteiger partial charge in [0.25, 0.3) is 0 Å². The van der Waals surface area contributed by atoms with E-state index in [9.17, 15) is 13.5 Å². The molecule has 0 spiro atoms. The minimum absolute atomic E-state index is 0.220. The summed E-state index contributed by atoms with van der Waals surface area (Å²) in [5, 5.41) is 10.0. The SMILES string of the molecule is CC(C)c1ccc(C(CN)C(O)CS(C)(=O)=O)cc1. The van der Waals surface area contributed by atoms with Gasteiger partial charge in [0.2, 0.25) is 0 Å². The van der Waals surface area contributed by atoms with E-state index in [2.05, 4.69) is 13.8 Å². The maximum absolute atomic E-state index is 11.2. The molecule has 1 aromatic carbocycles. The summed E-state index contributed by atoms with van der Waals surface area (Å²) in [6.07, 6.45) is 0.149. The summed E-state index contributed by atoms with van der Waals surface area (Å²) >= 11 is 0. The number of hydrogen-bond donors (Lipinski definition) is 2. The van der Waals surface area contributed by atoms with Gasteiger partial charge < -0.3 is 10.8 Å². The van der Waals surface area contributed by atoms with Gasteiger partial charge >= 0.3 is 0 Å². The second kappa shape index (κ2) is 6.50. The lowest BCUT2D eigenvalue weighted by molar-refractivity contribution is 0.167. The summed E-state index contributed by atoms with van der Waals surface area (Å²) in [5.74, 6) is -0.178. The van der Waals surface area contributed by atoms with E-state index in [0.29, 0.717) is 5.92 Å². The Balaban J connectivity index is 2.90. The van der Waals surface area contributed by atoms with Gasteiger partial charge in [-0.1, -0.05) is 38.1 Å². The number of benzene rings is 1. The van der Waals surface area contributed by atoms with Gasteiger partial charge in [0.05, 0.1) is 11.9 Å². The number of nitrogens with two attached hydrogens (primary N) is 1. The van der Waals surface area contributed by atoms with Gasteiger partial charge in [-0.2, -0.15) is 0 Å². The van der Waals surface area contributed by atoms with Crippen LogP contribution >= 0.6 is 0 Å². The molecule has 1 rings (SSSR count). The largest absolute Gasteiger partial charge is 0.391 e. The lowest BCUT2D eigenvalue weighted by Gasteiger charge is -2.21. The van der Waals surface area contributed by atoms with Crippen LogP contribution in [0.15, 0.2) is 24.3 Å². The molecule has 0 bridgehead atoms. The Hall–Kier alpha value is -0.910. The van der Waals surface area contributed by atoms with Crippen LogP contribution in [0.3, 0.4) is 0 Å². The zero-order chi connectivity index (χ0) is 14.6. The van der Waals surface area contributed by atoms with Crippen molar-refractivity contribution in [3.8, 4) is 0 Å². The van der Waals surface area contributed by atoms with E-state index in [1.165, 1.54) is 5.56 Å². The number of aliphatic hydroxyl groups excluding tert-OH is 1. The Morgan fingerprint density at radius 3 is 2.00 bits per heavy atom. The quantitative estimate of drug-likeness (QED) is 0.824. The van der Waals surface area contributed by atoms with E-state index >= 15 is 0 Å². The fourth-order valence-electron chi connectivity index (χ4n) is 2.07. The predicted octanol–water partition coefficient (Wildman–Crippen LogP) is 1.26. The molecule has 2 unspecified atom stereocenters. The molecule has 4 nitrogen and oxygen atoms in total. The second-order valence-electron chi connectivity index (χ2n) is 5.32. The monoisotopic (exact) mass is 285 g/mol. The molecule has 108 valence electrons. The van der Waals surface area contributed by atoms with Crippen LogP contribution in [0.2, 0.25) is 0 Å². The minimum Gasteiger partial charge on any atom is -0.391 e. The van der Waals surface area contributed by atoms with Crippen molar-refractivity contribution >= 4 is 9.84 Å². The van der Waals surface area contributed by atoms with Gasteiger partial charge in [-0.05, 0) is 17.0 Å². The van der Waals surface area contributed by atoms with Gasteiger partial charge in [0.1, 0.15) is 9.84 Å². The van der Waals surface area contributed by atoms with Crippen molar-refractivity contribution in [2.75, 3.05) is 18.6 Å². The Morgan fingerprint density at radius 2 is 1.63 bits per heavy atom. The fraction of sp³-hybridized carbons (Fsp3) is 0.571. The summed E-state index contributed by atoms with van der Waals surface area (Å²) in [6.45, 7) is 4.43. The van der Waals surface area contributed by atoms with Gasteiger partial charge in [-0.3, -0.25) is 0 Å². The molecule has 0 saturated carbocycles. The normalized spacial score (nSPS) is 15.5. The molecule has 0 aliphatic carbocycles. The highest BCUT2D eigenvalue weighted by molar-refractivity contribution is 7.90. The molecule has 0 heterocycles. The van der Waals surface area contributed by atoms with Crippen LogP contribution in [0.25, 0.3) is 0 Å². The fourth-order valence-corrected chi connectivity index (χ4v) is 2.92. The zero-order valence-corrected chi connectivity index (χ0v) is 12.5. The number of hydrogen-bond acceptors (Lipinski definition) is 4. The van der Waals surface area contributed by atoms with Crippen LogP contribution in [0.5, 0.6) is 0 Å². The molecule has 0 aromatic heterocycles.